The highest BCUT2D eigenvalue weighted by molar-refractivity contribution is 5.15. The Bertz CT molecular complexity index is 302. The maximum atomic E-state index is 5.42. The zero-order valence-corrected chi connectivity index (χ0v) is 8.08. The second-order valence-corrected chi connectivity index (χ2v) is 4.31. The third-order valence-electron chi connectivity index (χ3n) is 3.12. The Balaban J connectivity index is 2.22. The number of aromatic nitrogens is 2. The van der Waals surface area contributed by atoms with Crippen LogP contribution in [0.3, 0.4) is 0 Å². The van der Waals surface area contributed by atoms with E-state index in [0.717, 1.165) is 0 Å². The fraction of sp³-hybridized carbons (Fsp3) is 0.778. The zero-order chi connectivity index (χ0) is 9.47. The van der Waals surface area contributed by atoms with Crippen LogP contribution in [0.5, 0.6) is 0 Å². The molecule has 0 amide bonds. The number of nitrogens with zero attached hydrogens (tertiary/aromatic N) is 2. The van der Waals surface area contributed by atoms with Crippen LogP contribution in [0.1, 0.15) is 39.0 Å². The lowest BCUT2D eigenvalue weighted by atomic mass is 9.67. The third-order valence-corrected chi connectivity index (χ3v) is 3.12. The van der Waals surface area contributed by atoms with Gasteiger partial charge in [-0.1, -0.05) is 20.3 Å². The van der Waals surface area contributed by atoms with Crippen LogP contribution in [0.15, 0.2) is 4.52 Å². The highest BCUT2D eigenvalue weighted by Crippen LogP contribution is 2.42. The zero-order valence-electron chi connectivity index (χ0n) is 8.08. The van der Waals surface area contributed by atoms with Crippen LogP contribution in [-0.2, 0) is 5.41 Å². The van der Waals surface area contributed by atoms with Gasteiger partial charge in [0.05, 0.1) is 0 Å². The smallest absolute Gasteiger partial charge is 0.260 e. The Labute approximate surface area is 77.5 Å². The van der Waals surface area contributed by atoms with Crippen molar-refractivity contribution in [3.05, 3.63) is 5.89 Å². The largest absolute Gasteiger partial charge is 0.365 e. The summed E-state index contributed by atoms with van der Waals surface area (Å²) in [5.41, 5.74) is 5.41. The standard InChI is InChI=1S/C9H15N3O/c1-9(2,6-4-3-5-6)7-11-8(10)12-13-7/h6H,3-5H2,1-2H3,(H2,10,12). The van der Waals surface area contributed by atoms with Gasteiger partial charge in [-0.15, -0.1) is 0 Å². The quantitative estimate of drug-likeness (QED) is 0.754. The van der Waals surface area contributed by atoms with E-state index in [4.69, 9.17) is 10.3 Å². The second kappa shape index (κ2) is 2.72. The van der Waals surface area contributed by atoms with Gasteiger partial charge in [-0.3, -0.25) is 0 Å². The van der Waals surface area contributed by atoms with Gasteiger partial charge in [0, 0.05) is 5.41 Å². The molecule has 0 unspecified atom stereocenters. The molecule has 0 bridgehead atoms. The first-order chi connectivity index (χ1) is 6.10. The van der Waals surface area contributed by atoms with Crippen LogP contribution < -0.4 is 5.73 Å². The van der Waals surface area contributed by atoms with Crippen molar-refractivity contribution in [3.8, 4) is 0 Å². The van der Waals surface area contributed by atoms with Crippen molar-refractivity contribution in [2.75, 3.05) is 5.73 Å². The molecule has 0 saturated heterocycles. The Kier molecular flexibility index (Phi) is 1.78. The van der Waals surface area contributed by atoms with Gasteiger partial charge in [0.25, 0.3) is 5.95 Å². The van der Waals surface area contributed by atoms with E-state index in [1.165, 1.54) is 19.3 Å². The summed E-state index contributed by atoms with van der Waals surface area (Å²) >= 11 is 0. The molecule has 1 aliphatic carbocycles. The number of nitrogen functional groups attached to an aromatic ring is 1. The van der Waals surface area contributed by atoms with Crippen molar-refractivity contribution in [2.24, 2.45) is 5.92 Å². The van der Waals surface area contributed by atoms with Crippen molar-refractivity contribution >= 4 is 5.95 Å². The first-order valence-corrected chi connectivity index (χ1v) is 4.70. The molecule has 4 nitrogen and oxygen atoms in total. The summed E-state index contributed by atoms with van der Waals surface area (Å²) in [5.74, 6) is 1.59. The summed E-state index contributed by atoms with van der Waals surface area (Å²) in [7, 11) is 0. The van der Waals surface area contributed by atoms with Gasteiger partial charge in [-0.2, -0.15) is 4.98 Å². The number of hydrogen-bond acceptors (Lipinski definition) is 4. The molecule has 1 aliphatic rings. The first kappa shape index (κ1) is 8.53. The van der Waals surface area contributed by atoms with E-state index in [1.54, 1.807) is 0 Å². The van der Waals surface area contributed by atoms with Crippen LogP contribution in [0.25, 0.3) is 0 Å². The van der Waals surface area contributed by atoms with Crippen LogP contribution in [0.2, 0.25) is 0 Å². The molecule has 1 fully saturated rings. The summed E-state index contributed by atoms with van der Waals surface area (Å²) in [5, 5.41) is 3.62. The van der Waals surface area contributed by atoms with E-state index in [0.29, 0.717) is 11.8 Å². The van der Waals surface area contributed by atoms with Gasteiger partial charge in [0.2, 0.25) is 5.89 Å². The van der Waals surface area contributed by atoms with Crippen molar-refractivity contribution in [1.29, 1.82) is 0 Å². The monoisotopic (exact) mass is 181 g/mol. The molecule has 2 rings (SSSR count). The van der Waals surface area contributed by atoms with E-state index < -0.39 is 0 Å². The van der Waals surface area contributed by atoms with Gasteiger partial charge in [0.1, 0.15) is 0 Å². The van der Waals surface area contributed by atoms with Crippen molar-refractivity contribution < 1.29 is 4.52 Å². The van der Waals surface area contributed by atoms with E-state index in [9.17, 15) is 0 Å². The van der Waals surface area contributed by atoms with Gasteiger partial charge >= 0.3 is 0 Å². The summed E-state index contributed by atoms with van der Waals surface area (Å²) < 4.78 is 5.10. The Hall–Kier alpha value is -1.06. The lowest BCUT2D eigenvalue weighted by Gasteiger charge is -2.37. The molecular formula is C9H15N3O. The normalized spacial score (nSPS) is 18.6. The van der Waals surface area contributed by atoms with Crippen LogP contribution >= 0.6 is 0 Å². The van der Waals surface area contributed by atoms with Crippen molar-refractivity contribution in [1.82, 2.24) is 10.1 Å². The minimum Gasteiger partial charge on any atom is -0.365 e. The molecule has 1 aromatic rings. The summed E-state index contributed by atoms with van der Waals surface area (Å²) in [6.07, 6.45) is 3.84. The summed E-state index contributed by atoms with van der Waals surface area (Å²) in [4.78, 5) is 4.09. The van der Waals surface area contributed by atoms with E-state index in [-0.39, 0.29) is 11.4 Å². The number of rotatable bonds is 2. The van der Waals surface area contributed by atoms with Gasteiger partial charge in [-0.25, -0.2) is 0 Å². The third kappa shape index (κ3) is 1.30. The van der Waals surface area contributed by atoms with Crippen LogP contribution in [-0.4, -0.2) is 10.1 Å². The fourth-order valence-electron chi connectivity index (χ4n) is 1.80. The van der Waals surface area contributed by atoms with Gasteiger partial charge in [0.15, 0.2) is 0 Å². The topological polar surface area (TPSA) is 64.9 Å². The Morgan fingerprint density at radius 1 is 1.46 bits per heavy atom. The molecule has 1 saturated carbocycles. The molecule has 1 aromatic heterocycles. The Morgan fingerprint density at radius 3 is 2.54 bits per heavy atom. The second-order valence-electron chi connectivity index (χ2n) is 4.31. The predicted octanol–water partition coefficient (Wildman–Crippen LogP) is 1.73. The van der Waals surface area contributed by atoms with Crippen LogP contribution in [0, 0.1) is 5.92 Å². The fourth-order valence-corrected chi connectivity index (χ4v) is 1.80. The maximum absolute atomic E-state index is 5.42. The highest BCUT2D eigenvalue weighted by atomic mass is 16.5. The summed E-state index contributed by atoms with van der Waals surface area (Å²) in [6.45, 7) is 4.29. The van der Waals surface area contributed by atoms with E-state index >= 15 is 0 Å². The molecule has 0 aromatic carbocycles. The molecule has 4 heteroatoms. The maximum Gasteiger partial charge on any atom is 0.260 e. The average Bonchev–Trinajstić information content (AvgIpc) is 2.30. The molecule has 1 heterocycles. The molecule has 0 radical (unpaired) electrons. The minimum atomic E-state index is -0.0110. The molecule has 2 N–H and O–H groups in total. The van der Waals surface area contributed by atoms with Crippen molar-refractivity contribution in [2.45, 2.75) is 38.5 Å². The average molecular weight is 181 g/mol. The number of hydrogen-bond donors (Lipinski definition) is 1. The van der Waals surface area contributed by atoms with E-state index in [1.807, 2.05) is 0 Å². The number of nitrogens with two attached hydrogens (primary N) is 1. The highest BCUT2D eigenvalue weighted by Gasteiger charge is 2.39. The number of anilines is 1. The van der Waals surface area contributed by atoms with Crippen LogP contribution in [0.4, 0.5) is 5.95 Å². The molecule has 72 valence electrons. The first-order valence-electron chi connectivity index (χ1n) is 4.70. The predicted molar refractivity (Wildman–Crippen MR) is 49.1 cm³/mol. The lowest BCUT2D eigenvalue weighted by Crippen LogP contribution is -2.33. The molecule has 0 atom stereocenters. The molecule has 0 spiro atoms. The summed E-state index contributed by atoms with van der Waals surface area (Å²) in [6, 6.07) is 0. The van der Waals surface area contributed by atoms with Crippen molar-refractivity contribution in [3.63, 3.8) is 0 Å². The van der Waals surface area contributed by atoms with Gasteiger partial charge in [-0.05, 0) is 23.9 Å². The van der Waals surface area contributed by atoms with Gasteiger partial charge < -0.3 is 10.3 Å². The SMILES string of the molecule is CC(C)(c1nc(N)no1)C1CCC1. The molecule has 13 heavy (non-hydrogen) atoms. The minimum absolute atomic E-state index is 0.0110. The van der Waals surface area contributed by atoms with E-state index in [2.05, 4.69) is 24.0 Å². The molecular weight excluding hydrogens is 166 g/mol. The Morgan fingerprint density at radius 2 is 2.15 bits per heavy atom. The molecule has 0 aliphatic heterocycles. The lowest BCUT2D eigenvalue weighted by molar-refractivity contribution is 0.153.